The first-order chi connectivity index (χ1) is 8.79. The van der Waals surface area contributed by atoms with E-state index in [9.17, 15) is 4.79 Å². The Labute approximate surface area is 106 Å². The lowest BCUT2D eigenvalue weighted by atomic mass is 10.1. The highest BCUT2D eigenvalue weighted by Gasteiger charge is 2.40. The van der Waals surface area contributed by atoms with Gasteiger partial charge in [0.15, 0.2) is 5.82 Å². The molecule has 0 amide bonds. The van der Waals surface area contributed by atoms with Crippen molar-refractivity contribution in [1.29, 1.82) is 0 Å². The van der Waals surface area contributed by atoms with Gasteiger partial charge in [0.25, 0.3) is 5.56 Å². The van der Waals surface area contributed by atoms with Gasteiger partial charge in [-0.1, -0.05) is 0 Å². The van der Waals surface area contributed by atoms with E-state index >= 15 is 0 Å². The molecule has 2 atom stereocenters. The predicted octanol–water partition coefficient (Wildman–Crippen LogP) is 1.24. The van der Waals surface area contributed by atoms with E-state index < -0.39 is 0 Å². The van der Waals surface area contributed by atoms with Gasteiger partial charge in [0.2, 0.25) is 0 Å². The molecular formula is C13H19N3O2. The zero-order valence-corrected chi connectivity index (χ0v) is 10.6. The SMILES string of the molecule is CCn1ccnc(NC2CCOC2C2CC2)c1=O. The molecule has 0 spiro atoms. The van der Waals surface area contributed by atoms with Gasteiger partial charge in [-0.05, 0) is 32.1 Å². The molecule has 1 saturated carbocycles. The third-order valence-electron chi connectivity index (χ3n) is 3.80. The van der Waals surface area contributed by atoms with Crippen LogP contribution in [0.25, 0.3) is 0 Å². The molecule has 1 aliphatic carbocycles. The molecule has 0 bridgehead atoms. The summed E-state index contributed by atoms with van der Waals surface area (Å²) in [5, 5.41) is 3.29. The number of hydrogen-bond acceptors (Lipinski definition) is 4. The fourth-order valence-corrected chi connectivity index (χ4v) is 2.63. The smallest absolute Gasteiger partial charge is 0.293 e. The number of ether oxygens (including phenoxy) is 1. The standard InChI is InChI=1S/C13H19N3O2/c1-2-16-7-6-14-12(13(16)17)15-10-5-8-18-11(10)9-3-4-9/h6-7,9-11H,2-5,8H2,1H3,(H,14,15). The molecule has 1 aromatic heterocycles. The summed E-state index contributed by atoms with van der Waals surface area (Å²) in [5.41, 5.74) is -0.0403. The van der Waals surface area contributed by atoms with Gasteiger partial charge in [-0.25, -0.2) is 4.98 Å². The summed E-state index contributed by atoms with van der Waals surface area (Å²) in [6, 6.07) is 0.241. The normalized spacial score (nSPS) is 27.4. The van der Waals surface area contributed by atoms with E-state index in [4.69, 9.17) is 4.74 Å². The van der Waals surface area contributed by atoms with Gasteiger partial charge in [-0.3, -0.25) is 4.79 Å². The van der Waals surface area contributed by atoms with Gasteiger partial charge in [0, 0.05) is 25.5 Å². The third-order valence-corrected chi connectivity index (χ3v) is 3.80. The van der Waals surface area contributed by atoms with Gasteiger partial charge in [-0.15, -0.1) is 0 Å². The van der Waals surface area contributed by atoms with Crippen molar-refractivity contribution in [2.24, 2.45) is 5.92 Å². The highest BCUT2D eigenvalue weighted by atomic mass is 16.5. The maximum atomic E-state index is 12.1. The van der Waals surface area contributed by atoms with E-state index in [0.29, 0.717) is 18.3 Å². The molecule has 2 heterocycles. The first-order valence-electron chi connectivity index (χ1n) is 6.73. The van der Waals surface area contributed by atoms with Crippen LogP contribution in [-0.4, -0.2) is 28.3 Å². The maximum Gasteiger partial charge on any atom is 0.293 e. The van der Waals surface area contributed by atoms with Crippen molar-refractivity contribution in [3.63, 3.8) is 0 Å². The van der Waals surface area contributed by atoms with Gasteiger partial charge >= 0.3 is 0 Å². The van der Waals surface area contributed by atoms with E-state index in [-0.39, 0.29) is 17.7 Å². The Kier molecular flexibility index (Phi) is 3.07. The molecule has 1 aliphatic heterocycles. The Morgan fingerprint density at radius 1 is 1.50 bits per heavy atom. The highest BCUT2D eigenvalue weighted by Crippen LogP contribution is 2.39. The molecule has 1 aromatic rings. The molecule has 18 heavy (non-hydrogen) atoms. The fourth-order valence-electron chi connectivity index (χ4n) is 2.63. The molecule has 98 valence electrons. The van der Waals surface area contributed by atoms with Crippen molar-refractivity contribution < 1.29 is 4.74 Å². The lowest BCUT2D eigenvalue weighted by molar-refractivity contribution is 0.0898. The van der Waals surface area contributed by atoms with Gasteiger partial charge in [0.05, 0.1) is 12.1 Å². The zero-order chi connectivity index (χ0) is 12.5. The fraction of sp³-hybridized carbons (Fsp3) is 0.692. The van der Waals surface area contributed by atoms with Gasteiger partial charge < -0.3 is 14.6 Å². The molecular weight excluding hydrogens is 230 g/mol. The Balaban J connectivity index is 1.77. The second-order valence-electron chi connectivity index (χ2n) is 5.08. The summed E-state index contributed by atoms with van der Waals surface area (Å²) in [6.45, 7) is 3.41. The van der Waals surface area contributed by atoms with Gasteiger partial charge in [0.1, 0.15) is 0 Å². The lowest BCUT2D eigenvalue weighted by Gasteiger charge is -2.19. The summed E-state index contributed by atoms with van der Waals surface area (Å²) >= 11 is 0. The largest absolute Gasteiger partial charge is 0.376 e. The van der Waals surface area contributed by atoms with Crippen LogP contribution in [0.2, 0.25) is 0 Å². The van der Waals surface area contributed by atoms with Crippen molar-refractivity contribution >= 4 is 5.82 Å². The predicted molar refractivity (Wildman–Crippen MR) is 68.7 cm³/mol. The second-order valence-corrected chi connectivity index (χ2v) is 5.08. The van der Waals surface area contributed by atoms with Crippen LogP contribution >= 0.6 is 0 Å². The summed E-state index contributed by atoms with van der Waals surface area (Å²) in [4.78, 5) is 16.2. The van der Waals surface area contributed by atoms with Crippen molar-refractivity contribution in [3.8, 4) is 0 Å². The van der Waals surface area contributed by atoms with E-state index in [1.54, 1.807) is 17.0 Å². The number of aromatic nitrogens is 2. The number of anilines is 1. The van der Waals surface area contributed by atoms with Crippen LogP contribution in [0.5, 0.6) is 0 Å². The monoisotopic (exact) mass is 249 g/mol. The van der Waals surface area contributed by atoms with Crippen molar-refractivity contribution in [2.45, 2.75) is 44.9 Å². The van der Waals surface area contributed by atoms with Crippen molar-refractivity contribution in [1.82, 2.24) is 9.55 Å². The molecule has 2 aliphatic rings. The lowest BCUT2D eigenvalue weighted by Crippen LogP contribution is -2.35. The Morgan fingerprint density at radius 2 is 2.33 bits per heavy atom. The minimum Gasteiger partial charge on any atom is -0.376 e. The van der Waals surface area contributed by atoms with Crippen LogP contribution in [0.1, 0.15) is 26.2 Å². The molecule has 2 unspecified atom stereocenters. The third kappa shape index (κ3) is 2.14. The number of rotatable bonds is 4. The second kappa shape index (κ2) is 4.72. The summed E-state index contributed by atoms with van der Waals surface area (Å²) < 4.78 is 7.42. The highest BCUT2D eigenvalue weighted by molar-refractivity contribution is 5.33. The maximum absolute atomic E-state index is 12.1. The number of nitrogens with zero attached hydrogens (tertiary/aromatic N) is 2. The molecule has 5 nitrogen and oxygen atoms in total. The van der Waals surface area contributed by atoms with Crippen LogP contribution in [0, 0.1) is 5.92 Å². The van der Waals surface area contributed by atoms with Gasteiger partial charge in [-0.2, -0.15) is 0 Å². The molecule has 0 radical (unpaired) electrons. The molecule has 5 heteroatoms. The number of nitrogens with one attached hydrogen (secondary N) is 1. The van der Waals surface area contributed by atoms with Crippen LogP contribution < -0.4 is 10.9 Å². The molecule has 1 saturated heterocycles. The van der Waals surface area contributed by atoms with Crippen LogP contribution in [0.15, 0.2) is 17.2 Å². The van der Waals surface area contributed by atoms with E-state index in [1.165, 1.54) is 12.8 Å². The van der Waals surface area contributed by atoms with E-state index in [2.05, 4.69) is 10.3 Å². The Bertz CT molecular complexity index is 481. The van der Waals surface area contributed by atoms with Crippen molar-refractivity contribution in [2.75, 3.05) is 11.9 Å². The zero-order valence-electron chi connectivity index (χ0n) is 10.6. The van der Waals surface area contributed by atoms with Crippen LogP contribution in [-0.2, 0) is 11.3 Å². The average Bonchev–Trinajstić information content (AvgIpc) is 3.13. The van der Waals surface area contributed by atoms with Crippen molar-refractivity contribution in [3.05, 3.63) is 22.7 Å². The van der Waals surface area contributed by atoms with Crippen LogP contribution in [0.4, 0.5) is 5.82 Å². The first kappa shape index (κ1) is 11.7. The van der Waals surface area contributed by atoms with E-state index in [0.717, 1.165) is 13.0 Å². The summed E-state index contributed by atoms with van der Waals surface area (Å²) in [6.07, 6.45) is 7.13. The molecule has 2 fully saturated rings. The molecule has 1 N–H and O–H groups in total. The molecule has 0 aromatic carbocycles. The summed E-state index contributed by atoms with van der Waals surface area (Å²) in [7, 11) is 0. The first-order valence-corrected chi connectivity index (χ1v) is 6.73. The average molecular weight is 249 g/mol. The minimum absolute atomic E-state index is 0.0403. The quantitative estimate of drug-likeness (QED) is 0.872. The number of hydrogen-bond donors (Lipinski definition) is 1. The van der Waals surface area contributed by atoms with E-state index in [1.807, 2.05) is 6.92 Å². The molecule has 3 rings (SSSR count). The minimum atomic E-state index is -0.0403. The Hall–Kier alpha value is -1.36. The Morgan fingerprint density at radius 3 is 3.06 bits per heavy atom. The number of aryl methyl sites for hydroxylation is 1. The van der Waals surface area contributed by atoms with Crippen LogP contribution in [0.3, 0.4) is 0 Å². The topological polar surface area (TPSA) is 56.1 Å². The summed E-state index contributed by atoms with van der Waals surface area (Å²) in [5.74, 6) is 1.14.